The van der Waals surface area contributed by atoms with E-state index in [2.05, 4.69) is 41.3 Å². The van der Waals surface area contributed by atoms with Gasteiger partial charge in [0.2, 0.25) is 0 Å². The predicted octanol–water partition coefficient (Wildman–Crippen LogP) is 2.15. The summed E-state index contributed by atoms with van der Waals surface area (Å²) in [6.45, 7) is 12.0. The quantitative estimate of drug-likeness (QED) is 0.405. The van der Waals surface area contributed by atoms with E-state index in [4.69, 9.17) is 4.99 Å². The summed E-state index contributed by atoms with van der Waals surface area (Å²) >= 11 is 0. The maximum Gasteiger partial charge on any atom is 0.191 e. The van der Waals surface area contributed by atoms with Crippen LogP contribution in [-0.4, -0.2) is 74.7 Å². The van der Waals surface area contributed by atoms with Gasteiger partial charge in [0, 0.05) is 45.3 Å². The molecule has 0 aromatic heterocycles. The van der Waals surface area contributed by atoms with Gasteiger partial charge in [-0.1, -0.05) is 25.7 Å². The van der Waals surface area contributed by atoms with E-state index < -0.39 is 0 Å². The molecule has 2 aliphatic rings. The van der Waals surface area contributed by atoms with E-state index in [9.17, 15) is 0 Å². The van der Waals surface area contributed by atoms with Crippen LogP contribution in [0.25, 0.3) is 0 Å². The van der Waals surface area contributed by atoms with E-state index in [1.807, 2.05) is 0 Å². The maximum absolute atomic E-state index is 4.82. The first-order valence-electron chi connectivity index (χ1n) is 10.1. The lowest BCUT2D eigenvalue weighted by Gasteiger charge is -2.35. The number of nitrogens with one attached hydrogen (secondary N) is 2. The summed E-state index contributed by atoms with van der Waals surface area (Å²) in [5.41, 5.74) is 0. The molecule has 0 radical (unpaired) electrons. The minimum atomic E-state index is 0.521. The number of hydrogen-bond donors (Lipinski definition) is 2. The van der Waals surface area contributed by atoms with Crippen molar-refractivity contribution in [3.05, 3.63) is 0 Å². The SMILES string of the molecule is CCNC(=NCC(C)N1CCN(C)CC1)NCCCC1CCCC1. The maximum atomic E-state index is 4.82. The highest BCUT2D eigenvalue weighted by atomic mass is 15.3. The molecule has 0 amide bonds. The molecule has 0 spiro atoms. The molecule has 140 valence electrons. The third-order valence-electron chi connectivity index (χ3n) is 5.58. The van der Waals surface area contributed by atoms with Crippen molar-refractivity contribution in [3.63, 3.8) is 0 Å². The van der Waals surface area contributed by atoms with Gasteiger partial charge in [-0.2, -0.15) is 0 Å². The molecule has 5 heteroatoms. The molecule has 2 rings (SSSR count). The second kappa shape index (κ2) is 10.9. The number of rotatable bonds is 8. The smallest absolute Gasteiger partial charge is 0.191 e. The minimum absolute atomic E-state index is 0.521. The summed E-state index contributed by atoms with van der Waals surface area (Å²) < 4.78 is 0. The van der Waals surface area contributed by atoms with Crippen molar-refractivity contribution in [2.45, 2.75) is 58.4 Å². The first-order chi connectivity index (χ1) is 11.7. The molecule has 1 heterocycles. The van der Waals surface area contributed by atoms with Crippen molar-refractivity contribution in [2.75, 3.05) is 52.9 Å². The number of likely N-dealkylation sites (N-methyl/N-ethyl adjacent to an activating group) is 1. The first kappa shape index (κ1) is 19.5. The molecule has 1 saturated carbocycles. The predicted molar refractivity (Wildman–Crippen MR) is 104 cm³/mol. The van der Waals surface area contributed by atoms with E-state index in [1.54, 1.807) is 0 Å². The average Bonchev–Trinajstić information content (AvgIpc) is 3.10. The van der Waals surface area contributed by atoms with Crippen molar-refractivity contribution in [1.82, 2.24) is 20.4 Å². The monoisotopic (exact) mass is 337 g/mol. The van der Waals surface area contributed by atoms with Gasteiger partial charge in [-0.25, -0.2) is 0 Å². The standard InChI is InChI=1S/C19H39N5/c1-4-20-19(21-11-7-10-18-8-5-6-9-18)22-16-17(2)24-14-12-23(3)13-15-24/h17-18H,4-16H2,1-3H3,(H2,20,21,22). The van der Waals surface area contributed by atoms with Gasteiger partial charge in [-0.3, -0.25) is 9.89 Å². The fraction of sp³-hybridized carbons (Fsp3) is 0.947. The Balaban J connectivity index is 1.66. The van der Waals surface area contributed by atoms with E-state index in [1.165, 1.54) is 64.7 Å². The summed E-state index contributed by atoms with van der Waals surface area (Å²) in [5.74, 6) is 1.98. The van der Waals surface area contributed by atoms with Gasteiger partial charge in [0.05, 0.1) is 6.54 Å². The molecule has 1 aliphatic heterocycles. The molecule has 1 atom stereocenters. The van der Waals surface area contributed by atoms with Crippen LogP contribution in [0.1, 0.15) is 52.4 Å². The number of nitrogens with zero attached hydrogens (tertiary/aromatic N) is 3. The Labute approximate surface area is 149 Å². The molecule has 0 aromatic rings. The van der Waals surface area contributed by atoms with E-state index >= 15 is 0 Å². The van der Waals surface area contributed by atoms with E-state index in [0.29, 0.717) is 6.04 Å². The van der Waals surface area contributed by atoms with Crippen LogP contribution < -0.4 is 10.6 Å². The van der Waals surface area contributed by atoms with Crippen molar-refractivity contribution >= 4 is 5.96 Å². The van der Waals surface area contributed by atoms with Crippen LogP contribution in [0.5, 0.6) is 0 Å². The molecule has 24 heavy (non-hydrogen) atoms. The number of hydrogen-bond acceptors (Lipinski definition) is 3. The second-order valence-electron chi connectivity index (χ2n) is 7.63. The lowest BCUT2D eigenvalue weighted by atomic mass is 10.0. The molecule has 0 aromatic carbocycles. The number of guanidine groups is 1. The van der Waals surface area contributed by atoms with Gasteiger partial charge in [0.1, 0.15) is 0 Å². The zero-order chi connectivity index (χ0) is 17.2. The van der Waals surface area contributed by atoms with Gasteiger partial charge in [0.25, 0.3) is 0 Å². The number of aliphatic imine (C=N–C) groups is 1. The molecule has 1 unspecified atom stereocenters. The Bertz CT molecular complexity index is 357. The summed E-state index contributed by atoms with van der Waals surface area (Å²) in [6, 6.07) is 0.521. The Morgan fingerprint density at radius 3 is 2.50 bits per heavy atom. The fourth-order valence-electron chi connectivity index (χ4n) is 3.84. The molecule has 0 bridgehead atoms. The summed E-state index contributed by atoms with van der Waals surface area (Å²) in [5, 5.41) is 6.91. The largest absolute Gasteiger partial charge is 0.357 e. The lowest BCUT2D eigenvalue weighted by Crippen LogP contribution is -2.49. The number of piperazine rings is 1. The molecular weight excluding hydrogens is 298 g/mol. The third-order valence-corrected chi connectivity index (χ3v) is 5.58. The van der Waals surface area contributed by atoms with Crippen molar-refractivity contribution in [2.24, 2.45) is 10.9 Å². The van der Waals surface area contributed by atoms with Crippen LogP contribution in [0.2, 0.25) is 0 Å². The van der Waals surface area contributed by atoms with Crippen molar-refractivity contribution in [1.29, 1.82) is 0 Å². The van der Waals surface area contributed by atoms with Crippen molar-refractivity contribution in [3.8, 4) is 0 Å². The van der Waals surface area contributed by atoms with E-state index in [-0.39, 0.29) is 0 Å². The molecule has 2 fully saturated rings. The Morgan fingerprint density at radius 2 is 1.83 bits per heavy atom. The van der Waals surface area contributed by atoms with Crippen LogP contribution in [-0.2, 0) is 0 Å². The highest BCUT2D eigenvalue weighted by Gasteiger charge is 2.18. The van der Waals surface area contributed by atoms with Crippen LogP contribution in [0.15, 0.2) is 4.99 Å². The van der Waals surface area contributed by atoms with Crippen LogP contribution >= 0.6 is 0 Å². The Kier molecular flexibility index (Phi) is 8.89. The average molecular weight is 338 g/mol. The summed E-state index contributed by atoms with van der Waals surface area (Å²) in [6.07, 6.45) is 8.46. The topological polar surface area (TPSA) is 42.9 Å². The zero-order valence-electron chi connectivity index (χ0n) is 16.2. The second-order valence-corrected chi connectivity index (χ2v) is 7.63. The van der Waals surface area contributed by atoms with E-state index in [0.717, 1.165) is 31.5 Å². The normalized spacial score (nSPS) is 22.7. The van der Waals surface area contributed by atoms with Crippen LogP contribution in [0, 0.1) is 5.92 Å². The minimum Gasteiger partial charge on any atom is -0.357 e. The van der Waals surface area contributed by atoms with Gasteiger partial charge >= 0.3 is 0 Å². The third kappa shape index (κ3) is 6.98. The fourth-order valence-corrected chi connectivity index (χ4v) is 3.84. The first-order valence-corrected chi connectivity index (χ1v) is 10.1. The van der Waals surface area contributed by atoms with Gasteiger partial charge < -0.3 is 15.5 Å². The van der Waals surface area contributed by atoms with Gasteiger partial charge in [0.15, 0.2) is 5.96 Å². The Hall–Kier alpha value is -0.810. The summed E-state index contributed by atoms with van der Waals surface area (Å²) in [7, 11) is 2.21. The molecular formula is C19H39N5. The Morgan fingerprint density at radius 1 is 1.12 bits per heavy atom. The van der Waals surface area contributed by atoms with Crippen LogP contribution in [0.4, 0.5) is 0 Å². The molecule has 1 saturated heterocycles. The van der Waals surface area contributed by atoms with Gasteiger partial charge in [-0.15, -0.1) is 0 Å². The zero-order valence-corrected chi connectivity index (χ0v) is 16.2. The highest BCUT2D eigenvalue weighted by Crippen LogP contribution is 2.28. The van der Waals surface area contributed by atoms with Crippen LogP contribution in [0.3, 0.4) is 0 Å². The highest BCUT2D eigenvalue weighted by molar-refractivity contribution is 5.79. The van der Waals surface area contributed by atoms with Crippen molar-refractivity contribution < 1.29 is 0 Å². The lowest BCUT2D eigenvalue weighted by molar-refractivity contribution is 0.122. The molecule has 1 aliphatic carbocycles. The molecule has 2 N–H and O–H groups in total. The van der Waals surface area contributed by atoms with Gasteiger partial charge in [-0.05, 0) is 39.7 Å². The molecule has 5 nitrogen and oxygen atoms in total. The summed E-state index contributed by atoms with van der Waals surface area (Å²) in [4.78, 5) is 9.78.